The summed E-state index contributed by atoms with van der Waals surface area (Å²) in [6, 6.07) is 5.48. The number of thiophene rings is 1. The van der Waals surface area contributed by atoms with Gasteiger partial charge in [-0.25, -0.2) is 15.0 Å². The Hall–Kier alpha value is -2.29. The third-order valence-corrected chi connectivity index (χ3v) is 4.76. The van der Waals surface area contributed by atoms with Gasteiger partial charge in [-0.3, -0.25) is 0 Å². The molecule has 1 aliphatic rings. The number of nitrogens with two attached hydrogens (primary N) is 1. The molecule has 3 aromatic rings. The van der Waals surface area contributed by atoms with Crippen LogP contribution in [0.1, 0.15) is 0 Å². The van der Waals surface area contributed by atoms with Crippen molar-refractivity contribution in [2.75, 3.05) is 24.1 Å². The second kappa shape index (κ2) is 5.73. The summed E-state index contributed by atoms with van der Waals surface area (Å²) in [5.41, 5.74) is 7.45. The summed E-state index contributed by atoms with van der Waals surface area (Å²) in [6.45, 7) is 1.29. The fourth-order valence-corrected chi connectivity index (χ4v) is 3.45. The van der Waals surface area contributed by atoms with Crippen LogP contribution in [0.5, 0.6) is 0 Å². The van der Waals surface area contributed by atoms with Gasteiger partial charge in [0.1, 0.15) is 11.6 Å². The number of nitrogens with zero attached hydrogens (tertiary/aromatic N) is 3. The van der Waals surface area contributed by atoms with E-state index in [4.69, 9.17) is 5.73 Å². The fraction of sp³-hybridized carbons (Fsp3) is 0.267. The highest BCUT2D eigenvalue weighted by Crippen LogP contribution is 2.30. The number of aliphatic hydroxyl groups is 1. The lowest BCUT2D eigenvalue weighted by Crippen LogP contribution is -2.32. The Kier molecular flexibility index (Phi) is 3.56. The molecular weight excluding hydrogens is 312 g/mol. The Balaban J connectivity index is 1.78. The van der Waals surface area contributed by atoms with Crippen molar-refractivity contribution in [3.8, 4) is 11.4 Å². The number of nitrogen functional groups attached to an aromatic ring is 1. The summed E-state index contributed by atoms with van der Waals surface area (Å²) in [4.78, 5) is 13.2. The number of anilines is 2. The molecule has 2 atom stereocenters. The number of aliphatic hydroxyl groups excluding tert-OH is 1. The number of nitrogens with one attached hydrogen (secondary N) is 2. The van der Waals surface area contributed by atoms with E-state index < -0.39 is 6.10 Å². The highest BCUT2D eigenvalue weighted by atomic mass is 32.1. The van der Waals surface area contributed by atoms with Crippen molar-refractivity contribution in [1.82, 2.24) is 20.3 Å². The van der Waals surface area contributed by atoms with E-state index in [2.05, 4.69) is 25.6 Å². The zero-order valence-electron chi connectivity index (χ0n) is 12.2. The predicted octanol–water partition coefficient (Wildman–Crippen LogP) is 1.08. The monoisotopic (exact) mass is 328 g/mol. The minimum atomic E-state index is -0.431. The van der Waals surface area contributed by atoms with Gasteiger partial charge in [-0.15, -0.1) is 11.3 Å². The Morgan fingerprint density at radius 1 is 1.30 bits per heavy atom. The van der Waals surface area contributed by atoms with E-state index in [0.717, 1.165) is 21.6 Å². The molecule has 0 amide bonds. The Morgan fingerprint density at radius 3 is 3.00 bits per heavy atom. The van der Waals surface area contributed by atoms with Crippen LogP contribution in [-0.4, -0.2) is 45.3 Å². The molecule has 0 saturated carbocycles. The van der Waals surface area contributed by atoms with Crippen molar-refractivity contribution >= 4 is 33.2 Å². The van der Waals surface area contributed by atoms with Crippen LogP contribution in [0.3, 0.4) is 0 Å². The van der Waals surface area contributed by atoms with E-state index in [-0.39, 0.29) is 6.04 Å². The maximum absolute atomic E-state index is 10.0. The third kappa shape index (κ3) is 2.72. The standard InChI is InChI=1S/C15H16N6OS/c16-12-5-8(1-3-18-12)14-19-9-2-4-23-13(9)15(21-14)20-10-6-17-7-11(10)22/h1-5,10-11,17,22H,6-7H2,(H2,16,18)(H,19,20,21)/t10-,11-/m0/s1. The zero-order chi connectivity index (χ0) is 15.8. The van der Waals surface area contributed by atoms with Crippen molar-refractivity contribution in [2.24, 2.45) is 0 Å². The first-order chi connectivity index (χ1) is 11.2. The van der Waals surface area contributed by atoms with Crippen molar-refractivity contribution < 1.29 is 5.11 Å². The van der Waals surface area contributed by atoms with E-state index >= 15 is 0 Å². The minimum absolute atomic E-state index is 0.0643. The largest absolute Gasteiger partial charge is 0.390 e. The molecule has 8 heteroatoms. The number of aromatic nitrogens is 3. The van der Waals surface area contributed by atoms with Crippen LogP contribution < -0.4 is 16.4 Å². The van der Waals surface area contributed by atoms with E-state index in [0.29, 0.717) is 24.7 Å². The summed E-state index contributed by atoms with van der Waals surface area (Å²) in [5.74, 6) is 1.76. The number of hydrogen-bond acceptors (Lipinski definition) is 8. The summed E-state index contributed by atoms with van der Waals surface area (Å²) in [6.07, 6.45) is 1.21. The van der Waals surface area contributed by atoms with E-state index in [1.165, 1.54) is 0 Å². The highest BCUT2D eigenvalue weighted by Gasteiger charge is 2.26. The number of hydrogen-bond donors (Lipinski definition) is 4. The van der Waals surface area contributed by atoms with Gasteiger partial charge in [0.25, 0.3) is 0 Å². The first-order valence-electron chi connectivity index (χ1n) is 7.33. The molecule has 4 heterocycles. The highest BCUT2D eigenvalue weighted by molar-refractivity contribution is 7.17. The van der Waals surface area contributed by atoms with Gasteiger partial charge in [-0.05, 0) is 23.6 Å². The zero-order valence-corrected chi connectivity index (χ0v) is 13.0. The van der Waals surface area contributed by atoms with Crippen LogP contribution in [0.15, 0.2) is 29.8 Å². The predicted molar refractivity (Wildman–Crippen MR) is 91.3 cm³/mol. The lowest BCUT2D eigenvalue weighted by Gasteiger charge is -2.17. The summed E-state index contributed by atoms with van der Waals surface area (Å²) < 4.78 is 0.981. The summed E-state index contributed by atoms with van der Waals surface area (Å²) in [7, 11) is 0. The molecule has 0 spiro atoms. The lowest BCUT2D eigenvalue weighted by atomic mass is 10.2. The van der Waals surface area contributed by atoms with Crippen molar-refractivity contribution in [3.63, 3.8) is 0 Å². The fourth-order valence-electron chi connectivity index (χ4n) is 2.67. The van der Waals surface area contributed by atoms with Crippen molar-refractivity contribution in [3.05, 3.63) is 29.8 Å². The molecule has 0 unspecified atom stereocenters. The second-order valence-electron chi connectivity index (χ2n) is 5.48. The molecule has 0 bridgehead atoms. The van der Waals surface area contributed by atoms with Crippen LogP contribution in [0.25, 0.3) is 21.6 Å². The third-order valence-electron chi connectivity index (χ3n) is 3.85. The summed E-state index contributed by atoms with van der Waals surface area (Å²) >= 11 is 1.58. The number of rotatable bonds is 3. The molecule has 4 rings (SSSR count). The lowest BCUT2D eigenvalue weighted by molar-refractivity contribution is 0.185. The molecule has 0 aliphatic carbocycles. The molecule has 118 valence electrons. The minimum Gasteiger partial charge on any atom is -0.390 e. The molecule has 23 heavy (non-hydrogen) atoms. The van der Waals surface area contributed by atoms with Crippen LogP contribution in [0.2, 0.25) is 0 Å². The second-order valence-corrected chi connectivity index (χ2v) is 6.39. The first kappa shape index (κ1) is 14.3. The molecule has 7 nitrogen and oxygen atoms in total. The van der Waals surface area contributed by atoms with Gasteiger partial charge in [0.05, 0.1) is 22.4 Å². The molecule has 0 aromatic carbocycles. The molecule has 1 saturated heterocycles. The number of pyridine rings is 1. The van der Waals surface area contributed by atoms with E-state index in [9.17, 15) is 5.11 Å². The van der Waals surface area contributed by atoms with E-state index in [1.807, 2.05) is 17.5 Å². The van der Waals surface area contributed by atoms with E-state index in [1.54, 1.807) is 23.6 Å². The van der Waals surface area contributed by atoms with Gasteiger partial charge < -0.3 is 21.5 Å². The maximum Gasteiger partial charge on any atom is 0.162 e. The van der Waals surface area contributed by atoms with Gasteiger partial charge in [-0.2, -0.15) is 0 Å². The van der Waals surface area contributed by atoms with Gasteiger partial charge in [-0.1, -0.05) is 0 Å². The Morgan fingerprint density at radius 2 is 2.22 bits per heavy atom. The average molecular weight is 328 g/mol. The number of fused-ring (bicyclic) bond motifs is 1. The molecule has 3 aromatic heterocycles. The van der Waals surface area contributed by atoms with Gasteiger partial charge >= 0.3 is 0 Å². The summed E-state index contributed by atoms with van der Waals surface area (Å²) in [5, 5.41) is 18.5. The normalized spacial score (nSPS) is 20.9. The number of β-amino-alcohol motifs (C(OH)–C–C–N with tert-alkyl or cyclic N) is 1. The topological polar surface area (TPSA) is 109 Å². The molecule has 1 fully saturated rings. The van der Waals surface area contributed by atoms with Crippen LogP contribution in [0.4, 0.5) is 11.6 Å². The van der Waals surface area contributed by atoms with Crippen molar-refractivity contribution in [1.29, 1.82) is 0 Å². The van der Waals surface area contributed by atoms with Crippen LogP contribution >= 0.6 is 11.3 Å². The Bertz CT molecular complexity index is 851. The average Bonchev–Trinajstić information content (AvgIpc) is 3.17. The quantitative estimate of drug-likeness (QED) is 0.569. The van der Waals surface area contributed by atoms with Gasteiger partial charge in [0.15, 0.2) is 5.82 Å². The van der Waals surface area contributed by atoms with Gasteiger partial charge in [0.2, 0.25) is 0 Å². The van der Waals surface area contributed by atoms with Gasteiger partial charge in [0, 0.05) is 24.8 Å². The molecule has 1 aliphatic heterocycles. The first-order valence-corrected chi connectivity index (χ1v) is 8.21. The smallest absolute Gasteiger partial charge is 0.162 e. The Labute approximate surface area is 136 Å². The van der Waals surface area contributed by atoms with Crippen LogP contribution in [0, 0.1) is 0 Å². The molecule has 0 radical (unpaired) electrons. The maximum atomic E-state index is 10.0. The molecular formula is C15H16N6OS. The SMILES string of the molecule is Nc1cc(-c2nc(N[C@H]3CNC[C@@H]3O)c3sccc3n2)ccn1. The van der Waals surface area contributed by atoms with Crippen LogP contribution in [-0.2, 0) is 0 Å². The molecule has 5 N–H and O–H groups in total. The van der Waals surface area contributed by atoms with Crippen molar-refractivity contribution in [2.45, 2.75) is 12.1 Å².